The number of hydrogen-bond acceptors (Lipinski definition) is 3. The summed E-state index contributed by atoms with van der Waals surface area (Å²) in [6.45, 7) is 1.95. The fraction of sp³-hybridized carbons (Fsp3) is 0.917. The summed E-state index contributed by atoms with van der Waals surface area (Å²) in [5, 5.41) is 13.8. The molecule has 2 atom stereocenters. The Morgan fingerprint density at radius 3 is 2.68 bits per heavy atom. The molecule has 0 aromatic rings. The van der Waals surface area contributed by atoms with Crippen LogP contribution in [0.3, 0.4) is 0 Å². The number of aliphatic hydroxyl groups is 1. The van der Waals surface area contributed by atoms with Crippen molar-refractivity contribution in [3.63, 3.8) is 0 Å². The number of carbonyl (C=O) groups excluding carboxylic acids is 1. The van der Waals surface area contributed by atoms with Gasteiger partial charge in [0.2, 0.25) is 5.91 Å². The summed E-state index contributed by atoms with van der Waals surface area (Å²) >= 11 is 0. The molecule has 19 heavy (non-hydrogen) atoms. The molecule has 0 radical (unpaired) electrons. The van der Waals surface area contributed by atoms with Crippen LogP contribution in [-0.4, -0.2) is 43.4 Å². The van der Waals surface area contributed by atoms with Crippen molar-refractivity contribution in [1.82, 2.24) is 10.6 Å². The maximum atomic E-state index is 13.0. The van der Waals surface area contributed by atoms with E-state index in [1.165, 1.54) is 0 Å². The average Bonchev–Trinajstić information content (AvgIpc) is 2.83. The molecule has 0 bridgehead atoms. The Morgan fingerprint density at radius 2 is 2.21 bits per heavy atom. The van der Waals surface area contributed by atoms with E-state index in [-0.39, 0.29) is 38.6 Å². The largest absolute Gasteiger partial charge is 0.404 e. The molecule has 0 aromatic heterocycles. The number of amides is 1. The Bertz CT molecular complexity index is 302. The van der Waals surface area contributed by atoms with Crippen molar-refractivity contribution < 1.29 is 23.1 Å². The summed E-state index contributed by atoms with van der Waals surface area (Å²) in [5.74, 6) is -0.844. The van der Waals surface area contributed by atoms with E-state index in [0.29, 0.717) is 12.8 Å². The van der Waals surface area contributed by atoms with Gasteiger partial charge in [-0.15, -0.1) is 0 Å². The molecule has 0 saturated carbocycles. The van der Waals surface area contributed by atoms with E-state index in [4.69, 9.17) is 5.11 Å². The molecule has 3 N–H and O–H groups in total. The summed E-state index contributed by atoms with van der Waals surface area (Å²) in [7, 11) is 0. The molecule has 1 aliphatic heterocycles. The van der Waals surface area contributed by atoms with Crippen molar-refractivity contribution in [3.05, 3.63) is 0 Å². The third-order valence-corrected chi connectivity index (χ3v) is 3.60. The number of aliphatic hydroxyl groups excluding tert-OH is 1. The second-order valence-corrected chi connectivity index (χ2v) is 5.19. The number of halogens is 3. The Labute approximate surface area is 110 Å². The van der Waals surface area contributed by atoms with E-state index in [0.717, 1.165) is 0 Å². The molecule has 1 fully saturated rings. The van der Waals surface area contributed by atoms with Gasteiger partial charge in [0, 0.05) is 19.7 Å². The predicted octanol–water partition coefficient (Wildman–Crippen LogP) is 1.05. The first-order valence-electron chi connectivity index (χ1n) is 6.50. The maximum absolute atomic E-state index is 13.0. The molecule has 1 amide bonds. The molecule has 2 unspecified atom stereocenters. The lowest BCUT2D eigenvalue weighted by atomic mass is 9.85. The lowest BCUT2D eigenvalue weighted by Crippen LogP contribution is -2.52. The van der Waals surface area contributed by atoms with Gasteiger partial charge in [-0.3, -0.25) is 4.79 Å². The molecule has 1 aliphatic rings. The van der Waals surface area contributed by atoms with Crippen molar-refractivity contribution in [2.24, 2.45) is 11.3 Å². The lowest BCUT2D eigenvalue weighted by Gasteiger charge is -2.29. The van der Waals surface area contributed by atoms with E-state index >= 15 is 0 Å². The monoisotopic (exact) mass is 282 g/mol. The Morgan fingerprint density at radius 1 is 1.53 bits per heavy atom. The molecule has 1 heterocycles. The normalized spacial score (nSPS) is 25.3. The van der Waals surface area contributed by atoms with Gasteiger partial charge in [0.05, 0.1) is 0 Å². The summed E-state index contributed by atoms with van der Waals surface area (Å²) in [6, 6.07) is 0. The average molecular weight is 282 g/mol. The van der Waals surface area contributed by atoms with Crippen LogP contribution in [0, 0.1) is 11.3 Å². The van der Waals surface area contributed by atoms with Gasteiger partial charge in [0.15, 0.2) is 5.41 Å². The van der Waals surface area contributed by atoms with Gasteiger partial charge in [0.25, 0.3) is 0 Å². The smallest absolute Gasteiger partial charge is 0.396 e. The fourth-order valence-corrected chi connectivity index (χ4v) is 2.17. The second-order valence-electron chi connectivity index (χ2n) is 5.19. The third-order valence-electron chi connectivity index (χ3n) is 3.60. The second kappa shape index (κ2) is 6.56. The van der Waals surface area contributed by atoms with Crippen LogP contribution in [0.1, 0.15) is 26.2 Å². The number of carbonyl (C=O) groups is 1. The Balaban J connectivity index is 2.47. The van der Waals surface area contributed by atoms with E-state index in [1.54, 1.807) is 0 Å². The molecule has 0 aromatic carbocycles. The van der Waals surface area contributed by atoms with Crippen LogP contribution in [0.5, 0.6) is 0 Å². The number of alkyl halides is 3. The first kappa shape index (κ1) is 16.2. The topological polar surface area (TPSA) is 61.4 Å². The number of hydrogen-bond donors (Lipinski definition) is 3. The van der Waals surface area contributed by atoms with Crippen LogP contribution >= 0.6 is 0 Å². The maximum Gasteiger partial charge on any atom is 0.404 e. The van der Waals surface area contributed by atoms with E-state index in [1.807, 2.05) is 6.92 Å². The molecular formula is C12H21F3N2O2. The summed E-state index contributed by atoms with van der Waals surface area (Å²) in [4.78, 5) is 11.8. The molecule has 0 aliphatic carbocycles. The minimum Gasteiger partial charge on any atom is -0.396 e. The highest BCUT2D eigenvalue weighted by Gasteiger charge is 2.61. The molecule has 1 rings (SSSR count). The molecule has 112 valence electrons. The zero-order chi connectivity index (χ0) is 14.5. The number of nitrogens with one attached hydrogen (secondary N) is 2. The molecule has 0 spiro atoms. The zero-order valence-corrected chi connectivity index (χ0v) is 11.0. The van der Waals surface area contributed by atoms with Crippen LogP contribution in [0.25, 0.3) is 0 Å². The van der Waals surface area contributed by atoms with Crippen LogP contribution < -0.4 is 10.6 Å². The van der Waals surface area contributed by atoms with Gasteiger partial charge >= 0.3 is 6.18 Å². The highest BCUT2D eigenvalue weighted by molar-refractivity contribution is 5.84. The van der Waals surface area contributed by atoms with Crippen molar-refractivity contribution in [1.29, 1.82) is 0 Å². The highest BCUT2D eigenvalue weighted by Crippen LogP contribution is 2.43. The third kappa shape index (κ3) is 3.82. The first-order chi connectivity index (χ1) is 8.83. The SMILES string of the molecule is CC(CO)CCCNC(=O)C1(C(F)(F)F)CCNC1. The van der Waals surface area contributed by atoms with E-state index in [9.17, 15) is 18.0 Å². The van der Waals surface area contributed by atoms with Gasteiger partial charge in [0.1, 0.15) is 0 Å². The molecule has 4 nitrogen and oxygen atoms in total. The Kier molecular flexibility index (Phi) is 5.61. The van der Waals surface area contributed by atoms with Gasteiger partial charge in [-0.2, -0.15) is 13.2 Å². The van der Waals surface area contributed by atoms with Crippen LogP contribution in [0.15, 0.2) is 0 Å². The van der Waals surface area contributed by atoms with Gasteiger partial charge in [-0.1, -0.05) is 6.92 Å². The van der Waals surface area contributed by atoms with Crippen molar-refractivity contribution in [2.45, 2.75) is 32.4 Å². The minimum atomic E-state index is -4.53. The fourth-order valence-electron chi connectivity index (χ4n) is 2.17. The lowest BCUT2D eigenvalue weighted by molar-refractivity contribution is -0.216. The number of rotatable bonds is 6. The van der Waals surface area contributed by atoms with Crippen molar-refractivity contribution in [3.8, 4) is 0 Å². The van der Waals surface area contributed by atoms with Crippen molar-refractivity contribution >= 4 is 5.91 Å². The van der Waals surface area contributed by atoms with Crippen LogP contribution in [0.2, 0.25) is 0 Å². The minimum absolute atomic E-state index is 0.0460. The van der Waals surface area contributed by atoms with Crippen molar-refractivity contribution in [2.75, 3.05) is 26.2 Å². The van der Waals surface area contributed by atoms with Gasteiger partial charge in [-0.05, 0) is 31.7 Å². The highest BCUT2D eigenvalue weighted by atomic mass is 19.4. The Hall–Kier alpha value is -0.820. The summed E-state index contributed by atoms with van der Waals surface area (Å²) in [5.41, 5.74) is -2.28. The summed E-state index contributed by atoms with van der Waals surface area (Å²) in [6.07, 6.45) is -3.50. The molecule has 7 heteroatoms. The van der Waals surface area contributed by atoms with Gasteiger partial charge < -0.3 is 15.7 Å². The standard InChI is InChI=1S/C12H21F3N2O2/c1-9(7-18)3-2-5-17-10(19)11(12(13,14)15)4-6-16-8-11/h9,16,18H,2-8H2,1H3,(H,17,19). The molecule has 1 saturated heterocycles. The van der Waals surface area contributed by atoms with Gasteiger partial charge in [-0.25, -0.2) is 0 Å². The van der Waals surface area contributed by atoms with Crippen LogP contribution in [0.4, 0.5) is 13.2 Å². The molecular weight excluding hydrogens is 261 g/mol. The van der Waals surface area contributed by atoms with Crippen LogP contribution in [-0.2, 0) is 4.79 Å². The summed E-state index contributed by atoms with van der Waals surface area (Å²) < 4.78 is 39.1. The predicted molar refractivity (Wildman–Crippen MR) is 64.5 cm³/mol. The zero-order valence-electron chi connectivity index (χ0n) is 11.0. The quantitative estimate of drug-likeness (QED) is 0.638. The first-order valence-corrected chi connectivity index (χ1v) is 6.50. The van der Waals surface area contributed by atoms with E-state index in [2.05, 4.69) is 10.6 Å². The van der Waals surface area contributed by atoms with E-state index < -0.39 is 17.5 Å².